The van der Waals surface area contributed by atoms with Gasteiger partial charge < -0.3 is 10.1 Å². The largest absolute Gasteiger partial charge is 0.456 e. The molecule has 0 bridgehead atoms. The van der Waals surface area contributed by atoms with Gasteiger partial charge in [0.05, 0.1) is 4.88 Å². The molecular formula is C23H21NO4S. The molecule has 6 heteroatoms. The number of amides is 1. The Hall–Kier alpha value is -3.25. The second-order valence-electron chi connectivity index (χ2n) is 6.52. The lowest BCUT2D eigenvalue weighted by Crippen LogP contribution is -2.43. The second-order valence-corrected chi connectivity index (χ2v) is 7.81. The number of thiophene rings is 1. The predicted molar refractivity (Wildman–Crippen MR) is 112 cm³/mol. The van der Waals surface area contributed by atoms with E-state index in [1.807, 2.05) is 49.4 Å². The fourth-order valence-corrected chi connectivity index (χ4v) is 3.56. The third kappa shape index (κ3) is 5.86. The van der Waals surface area contributed by atoms with E-state index in [0.29, 0.717) is 10.4 Å². The molecule has 1 heterocycles. The Balaban J connectivity index is 1.68. The van der Waals surface area contributed by atoms with Gasteiger partial charge in [0.25, 0.3) is 5.91 Å². The van der Waals surface area contributed by atoms with E-state index in [-0.39, 0.29) is 24.7 Å². The number of benzene rings is 2. The third-order valence-corrected chi connectivity index (χ3v) is 5.31. The highest BCUT2D eigenvalue weighted by Crippen LogP contribution is 2.16. The molecule has 1 N–H and O–H groups in total. The SMILES string of the molecule is Cc1ccc(C(=O)COC(=O)[C@@H](Cc2ccccc2)NC(=O)c2ccccc2)s1. The number of carbonyl (C=O) groups excluding carboxylic acids is 3. The van der Waals surface area contributed by atoms with E-state index >= 15 is 0 Å². The van der Waals surface area contributed by atoms with E-state index < -0.39 is 12.0 Å². The number of Topliss-reactive ketones (excluding diaryl/α,β-unsaturated/α-hetero) is 1. The number of hydrogen-bond acceptors (Lipinski definition) is 5. The van der Waals surface area contributed by atoms with Crippen LogP contribution in [0.15, 0.2) is 72.8 Å². The van der Waals surface area contributed by atoms with Gasteiger partial charge in [0.2, 0.25) is 5.78 Å². The van der Waals surface area contributed by atoms with Gasteiger partial charge in [0.15, 0.2) is 6.61 Å². The van der Waals surface area contributed by atoms with Crippen LogP contribution in [0.25, 0.3) is 0 Å². The van der Waals surface area contributed by atoms with Gasteiger partial charge >= 0.3 is 5.97 Å². The Labute approximate surface area is 173 Å². The molecule has 0 radical (unpaired) electrons. The summed E-state index contributed by atoms with van der Waals surface area (Å²) in [6.45, 7) is 1.55. The van der Waals surface area contributed by atoms with Gasteiger partial charge in [-0.05, 0) is 36.8 Å². The molecule has 29 heavy (non-hydrogen) atoms. The van der Waals surface area contributed by atoms with Gasteiger partial charge in [-0.1, -0.05) is 48.5 Å². The van der Waals surface area contributed by atoms with Crippen molar-refractivity contribution >= 4 is 29.0 Å². The van der Waals surface area contributed by atoms with Crippen molar-refractivity contribution < 1.29 is 19.1 Å². The lowest BCUT2D eigenvalue weighted by molar-refractivity contribution is -0.144. The zero-order chi connectivity index (χ0) is 20.6. The highest BCUT2D eigenvalue weighted by molar-refractivity contribution is 7.14. The normalized spacial score (nSPS) is 11.5. The number of hydrogen-bond donors (Lipinski definition) is 1. The lowest BCUT2D eigenvalue weighted by Gasteiger charge is -2.18. The molecule has 5 nitrogen and oxygen atoms in total. The first-order chi connectivity index (χ1) is 14.0. The van der Waals surface area contributed by atoms with Crippen molar-refractivity contribution in [3.05, 3.63) is 93.7 Å². The van der Waals surface area contributed by atoms with Crippen LogP contribution < -0.4 is 5.32 Å². The minimum atomic E-state index is -0.900. The van der Waals surface area contributed by atoms with Crippen LogP contribution in [-0.4, -0.2) is 30.3 Å². The molecule has 0 aliphatic heterocycles. The summed E-state index contributed by atoms with van der Waals surface area (Å²) in [6, 6.07) is 20.6. The summed E-state index contributed by atoms with van der Waals surface area (Å²) in [5.74, 6) is -1.27. The zero-order valence-electron chi connectivity index (χ0n) is 16.0. The van der Waals surface area contributed by atoms with Crippen molar-refractivity contribution in [3.8, 4) is 0 Å². The number of esters is 1. The Morgan fingerprint density at radius 1 is 0.931 bits per heavy atom. The number of ketones is 1. The van der Waals surface area contributed by atoms with Crippen LogP contribution in [0.5, 0.6) is 0 Å². The van der Waals surface area contributed by atoms with Crippen LogP contribution in [-0.2, 0) is 16.0 Å². The summed E-state index contributed by atoms with van der Waals surface area (Å²) in [7, 11) is 0. The summed E-state index contributed by atoms with van der Waals surface area (Å²) in [6.07, 6.45) is 0.268. The minimum absolute atomic E-state index is 0.260. The van der Waals surface area contributed by atoms with Gasteiger partial charge in [-0.25, -0.2) is 4.79 Å². The van der Waals surface area contributed by atoms with Crippen LogP contribution in [0, 0.1) is 6.92 Å². The number of aryl methyl sites for hydroxylation is 1. The summed E-state index contributed by atoms with van der Waals surface area (Å²) in [5.41, 5.74) is 1.33. The molecule has 3 rings (SSSR count). The van der Waals surface area contributed by atoms with Crippen LogP contribution in [0.2, 0.25) is 0 Å². The van der Waals surface area contributed by atoms with Gasteiger partial charge in [0.1, 0.15) is 6.04 Å². The first kappa shape index (κ1) is 20.5. The van der Waals surface area contributed by atoms with Crippen molar-refractivity contribution in [1.82, 2.24) is 5.32 Å². The molecule has 0 aliphatic rings. The number of ether oxygens (including phenoxy) is 1. The summed E-state index contributed by atoms with van der Waals surface area (Å²) < 4.78 is 5.24. The Bertz CT molecular complexity index is 982. The summed E-state index contributed by atoms with van der Waals surface area (Å²) in [5, 5.41) is 2.73. The Kier molecular flexibility index (Phi) is 6.92. The Morgan fingerprint density at radius 2 is 1.59 bits per heavy atom. The van der Waals surface area contributed by atoms with Crippen LogP contribution >= 0.6 is 11.3 Å². The molecule has 0 aliphatic carbocycles. The maximum absolute atomic E-state index is 12.7. The van der Waals surface area contributed by atoms with Crippen LogP contribution in [0.1, 0.15) is 30.5 Å². The topological polar surface area (TPSA) is 72.5 Å². The molecule has 2 aromatic carbocycles. The van der Waals surface area contributed by atoms with Gasteiger partial charge in [-0.2, -0.15) is 0 Å². The smallest absolute Gasteiger partial charge is 0.329 e. The molecule has 0 unspecified atom stereocenters. The van der Waals surface area contributed by atoms with Crippen molar-refractivity contribution in [3.63, 3.8) is 0 Å². The van der Waals surface area contributed by atoms with E-state index in [1.54, 1.807) is 30.3 Å². The molecule has 0 spiro atoms. The minimum Gasteiger partial charge on any atom is -0.456 e. The maximum atomic E-state index is 12.7. The van der Waals surface area contributed by atoms with E-state index in [9.17, 15) is 14.4 Å². The summed E-state index contributed by atoms with van der Waals surface area (Å²) in [4.78, 5) is 39.0. The average Bonchev–Trinajstić information content (AvgIpc) is 3.19. The van der Waals surface area contributed by atoms with E-state index in [0.717, 1.165) is 10.4 Å². The van der Waals surface area contributed by atoms with Gasteiger partial charge in [0, 0.05) is 16.9 Å². The first-order valence-electron chi connectivity index (χ1n) is 9.19. The number of nitrogens with one attached hydrogen (secondary N) is 1. The maximum Gasteiger partial charge on any atom is 0.329 e. The van der Waals surface area contributed by atoms with Crippen molar-refractivity contribution in [1.29, 1.82) is 0 Å². The lowest BCUT2D eigenvalue weighted by atomic mass is 10.1. The van der Waals surface area contributed by atoms with E-state index in [2.05, 4.69) is 5.32 Å². The van der Waals surface area contributed by atoms with E-state index in [1.165, 1.54) is 11.3 Å². The van der Waals surface area contributed by atoms with Gasteiger partial charge in [-0.15, -0.1) is 11.3 Å². The first-order valence-corrected chi connectivity index (χ1v) is 10.0. The summed E-state index contributed by atoms with van der Waals surface area (Å²) >= 11 is 1.36. The highest BCUT2D eigenvalue weighted by atomic mass is 32.1. The highest BCUT2D eigenvalue weighted by Gasteiger charge is 2.24. The molecule has 3 aromatic rings. The monoisotopic (exact) mass is 407 g/mol. The molecule has 148 valence electrons. The van der Waals surface area contributed by atoms with Crippen molar-refractivity contribution in [2.45, 2.75) is 19.4 Å². The molecule has 1 amide bonds. The number of carbonyl (C=O) groups is 3. The predicted octanol–water partition coefficient (Wildman–Crippen LogP) is 3.82. The van der Waals surface area contributed by atoms with E-state index in [4.69, 9.17) is 4.74 Å². The molecular weight excluding hydrogens is 386 g/mol. The van der Waals surface area contributed by atoms with Crippen molar-refractivity contribution in [2.75, 3.05) is 6.61 Å². The van der Waals surface area contributed by atoms with Gasteiger partial charge in [-0.3, -0.25) is 9.59 Å². The quantitative estimate of drug-likeness (QED) is 0.455. The zero-order valence-corrected chi connectivity index (χ0v) is 16.8. The fraction of sp³-hybridized carbons (Fsp3) is 0.174. The van der Waals surface area contributed by atoms with Crippen molar-refractivity contribution in [2.24, 2.45) is 0 Å². The number of rotatable bonds is 8. The third-order valence-electron chi connectivity index (χ3n) is 4.27. The molecule has 0 saturated carbocycles. The Morgan fingerprint density at radius 3 is 2.21 bits per heavy atom. The second kappa shape index (κ2) is 9.80. The molecule has 0 fully saturated rings. The van der Waals surface area contributed by atoms with Crippen LogP contribution in [0.4, 0.5) is 0 Å². The standard InChI is InChI=1S/C23H21NO4S/c1-16-12-13-21(29-16)20(25)15-28-23(27)19(14-17-8-4-2-5-9-17)24-22(26)18-10-6-3-7-11-18/h2-13,19H,14-15H2,1H3,(H,24,26)/t19-/m1/s1. The van der Waals surface area contributed by atoms with Crippen LogP contribution in [0.3, 0.4) is 0 Å². The molecule has 0 saturated heterocycles. The molecule has 1 atom stereocenters. The molecule has 1 aromatic heterocycles. The fourth-order valence-electron chi connectivity index (χ4n) is 2.77. The average molecular weight is 407 g/mol.